The summed E-state index contributed by atoms with van der Waals surface area (Å²) in [5.41, 5.74) is 13.5. The molecule has 0 unspecified atom stereocenters. The average Bonchev–Trinajstić information content (AvgIpc) is 3.26. The van der Waals surface area contributed by atoms with Crippen LogP contribution in [0.2, 0.25) is 0 Å². The lowest BCUT2D eigenvalue weighted by Gasteiger charge is -2.16. The zero-order valence-corrected chi connectivity index (χ0v) is 19.7. The van der Waals surface area contributed by atoms with E-state index in [-0.39, 0.29) is 0 Å². The molecule has 0 atom stereocenters. The number of hydrogen-bond acceptors (Lipinski definition) is 1. The lowest BCUT2D eigenvalue weighted by atomic mass is 10.0. The van der Waals surface area contributed by atoms with Crippen LogP contribution in [0.15, 0.2) is 94.7 Å². The topological polar surface area (TPSA) is 6.25 Å². The first-order valence-corrected chi connectivity index (χ1v) is 11.1. The van der Waals surface area contributed by atoms with Crippen molar-refractivity contribution in [1.29, 1.82) is 0 Å². The van der Waals surface area contributed by atoms with E-state index in [4.69, 9.17) is 0 Å². The zero-order chi connectivity index (χ0) is 22.1. The lowest BCUT2D eigenvalue weighted by Crippen LogP contribution is -2.12. The van der Waals surface area contributed by atoms with Crippen LogP contribution in [0.3, 0.4) is 0 Å². The maximum atomic E-state index is 2.33. The van der Waals surface area contributed by atoms with E-state index < -0.39 is 0 Å². The summed E-state index contributed by atoms with van der Waals surface area (Å²) >= 11 is 0. The highest BCUT2D eigenvalue weighted by atomic mass is 15.1. The molecule has 0 aliphatic carbocycles. The Bertz CT molecular complexity index is 1180. The molecule has 0 N–H and O–H groups in total. The fourth-order valence-electron chi connectivity index (χ4n) is 4.96. The van der Waals surface area contributed by atoms with Gasteiger partial charge in [-0.15, -0.1) is 0 Å². The van der Waals surface area contributed by atoms with Gasteiger partial charge in [-0.3, -0.25) is 0 Å². The molecule has 0 saturated heterocycles. The Balaban J connectivity index is 1.54. The largest absolute Gasteiger partial charge is 0.347 e. The molecule has 2 aliphatic rings. The van der Waals surface area contributed by atoms with Gasteiger partial charge in [0.05, 0.1) is 6.42 Å². The van der Waals surface area contributed by atoms with E-state index in [1.807, 2.05) is 0 Å². The predicted octanol–water partition coefficient (Wildman–Crippen LogP) is 6.76. The molecule has 2 aromatic rings. The summed E-state index contributed by atoms with van der Waals surface area (Å²) < 4.78 is 2.33. The highest BCUT2D eigenvalue weighted by molar-refractivity contribution is 6.00. The quantitative estimate of drug-likeness (QED) is 0.399. The minimum absolute atomic E-state index is 1.01. The number of anilines is 1. The summed E-state index contributed by atoms with van der Waals surface area (Å²) in [6, 6.07) is 17.4. The Morgan fingerprint density at radius 3 is 2.16 bits per heavy atom. The second kappa shape index (κ2) is 8.55. The van der Waals surface area contributed by atoms with Crippen molar-refractivity contribution >= 4 is 17.1 Å². The second-order valence-electron chi connectivity index (χ2n) is 8.91. The summed E-state index contributed by atoms with van der Waals surface area (Å²) in [4.78, 5) is 2.33. The van der Waals surface area contributed by atoms with Crippen LogP contribution in [0, 0.1) is 0 Å². The van der Waals surface area contributed by atoms with Crippen molar-refractivity contribution in [3.05, 3.63) is 106 Å². The molecular formula is C29H33N2+. The van der Waals surface area contributed by atoms with Crippen molar-refractivity contribution in [1.82, 2.24) is 0 Å². The molecule has 2 heterocycles. The highest BCUT2D eigenvalue weighted by Crippen LogP contribution is 2.34. The van der Waals surface area contributed by atoms with Crippen LogP contribution in [0.4, 0.5) is 11.4 Å². The zero-order valence-electron chi connectivity index (χ0n) is 19.7. The van der Waals surface area contributed by atoms with Gasteiger partial charge >= 0.3 is 0 Å². The Labute approximate surface area is 187 Å². The molecule has 2 aromatic carbocycles. The second-order valence-corrected chi connectivity index (χ2v) is 8.91. The van der Waals surface area contributed by atoms with E-state index in [0.29, 0.717) is 0 Å². The average molecular weight is 410 g/mol. The highest BCUT2D eigenvalue weighted by Gasteiger charge is 2.27. The fraction of sp³-hybridized carbons (Fsp3) is 0.276. The monoisotopic (exact) mass is 409 g/mol. The third kappa shape index (κ3) is 4.20. The number of allylic oxidation sites excluding steroid dienone is 8. The molecule has 2 aliphatic heterocycles. The molecular weight excluding hydrogens is 376 g/mol. The van der Waals surface area contributed by atoms with Gasteiger partial charge in [-0.2, -0.15) is 4.58 Å². The van der Waals surface area contributed by atoms with E-state index in [1.54, 1.807) is 0 Å². The van der Waals surface area contributed by atoms with Crippen molar-refractivity contribution in [2.75, 3.05) is 19.0 Å². The van der Waals surface area contributed by atoms with Gasteiger partial charge in [0, 0.05) is 42.1 Å². The minimum Gasteiger partial charge on any atom is -0.347 e. The molecule has 4 rings (SSSR count). The molecule has 0 fully saturated rings. The van der Waals surface area contributed by atoms with E-state index in [9.17, 15) is 0 Å². The van der Waals surface area contributed by atoms with E-state index >= 15 is 0 Å². The van der Waals surface area contributed by atoms with Gasteiger partial charge in [0.15, 0.2) is 5.71 Å². The molecule has 0 radical (unpaired) electrons. The summed E-state index contributed by atoms with van der Waals surface area (Å²) in [6.07, 6.45) is 8.94. The third-order valence-electron chi connectivity index (χ3n) is 6.49. The van der Waals surface area contributed by atoms with Gasteiger partial charge in [0.1, 0.15) is 7.05 Å². The Morgan fingerprint density at radius 1 is 0.806 bits per heavy atom. The van der Waals surface area contributed by atoms with Crippen LogP contribution < -0.4 is 4.90 Å². The molecule has 0 aromatic heterocycles. The van der Waals surface area contributed by atoms with Crippen molar-refractivity contribution in [2.24, 2.45) is 0 Å². The normalized spacial score (nSPS) is 18.5. The number of hydrogen-bond donors (Lipinski definition) is 0. The smallest absolute Gasteiger partial charge is 0.208 e. The third-order valence-corrected chi connectivity index (χ3v) is 6.49. The molecule has 0 amide bonds. The molecule has 158 valence electrons. The molecule has 31 heavy (non-hydrogen) atoms. The van der Waals surface area contributed by atoms with Crippen molar-refractivity contribution in [2.45, 2.75) is 40.5 Å². The van der Waals surface area contributed by atoms with Gasteiger partial charge in [-0.25, -0.2) is 0 Å². The number of likely N-dealkylation sites (N-methyl/N-ethyl adjacent to an activating group) is 1. The fourth-order valence-corrected chi connectivity index (χ4v) is 4.96. The van der Waals surface area contributed by atoms with Crippen LogP contribution in [-0.4, -0.2) is 24.4 Å². The number of nitrogens with zero attached hydrogens (tertiary/aromatic N) is 2. The number of rotatable bonds is 4. The summed E-state index contributed by atoms with van der Waals surface area (Å²) in [6.45, 7) is 8.85. The molecule has 0 spiro atoms. The van der Waals surface area contributed by atoms with E-state index in [0.717, 1.165) is 12.8 Å². The minimum atomic E-state index is 1.01. The van der Waals surface area contributed by atoms with Crippen LogP contribution >= 0.6 is 0 Å². The van der Waals surface area contributed by atoms with Gasteiger partial charge in [-0.1, -0.05) is 65.8 Å². The molecule has 2 nitrogen and oxygen atoms in total. The number of para-hydroxylation sites is 2. The van der Waals surface area contributed by atoms with E-state index in [1.165, 1.54) is 56.2 Å². The van der Waals surface area contributed by atoms with Crippen LogP contribution in [-0.2, 0) is 12.8 Å². The van der Waals surface area contributed by atoms with Gasteiger partial charge in [0.2, 0.25) is 5.69 Å². The summed E-state index contributed by atoms with van der Waals surface area (Å²) in [5.74, 6) is 0. The van der Waals surface area contributed by atoms with Gasteiger partial charge in [-0.05, 0) is 44.9 Å². The van der Waals surface area contributed by atoms with E-state index in [2.05, 4.69) is 118 Å². The van der Waals surface area contributed by atoms with Crippen molar-refractivity contribution in [3.8, 4) is 0 Å². The van der Waals surface area contributed by atoms with Gasteiger partial charge < -0.3 is 4.90 Å². The number of benzene rings is 2. The van der Waals surface area contributed by atoms with Crippen molar-refractivity contribution in [3.63, 3.8) is 0 Å². The predicted molar refractivity (Wildman–Crippen MR) is 134 cm³/mol. The first-order valence-electron chi connectivity index (χ1n) is 11.1. The Morgan fingerprint density at radius 2 is 1.45 bits per heavy atom. The van der Waals surface area contributed by atoms with Crippen LogP contribution in [0.5, 0.6) is 0 Å². The molecule has 2 heteroatoms. The lowest BCUT2D eigenvalue weighted by molar-refractivity contribution is -0.401. The standard InChI is InChI=1S/C29H33N2/c1-20(16-22(3)28-18-24-11-7-9-13-26(24)30(28)5)15-21(2)17-23(4)29-19-25-12-8-10-14-27(25)31(29)6/h7-17H,18-19H2,1-6H3/q+1. The van der Waals surface area contributed by atoms with Crippen molar-refractivity contribution < 1.29 is 4.58 Å². The summed E-state index contributed by atoms with van der Waals surface area (Å²) in [7, 11) is 4.35. The Kier molecular flexibility index (Phi) is 5.82. The maximum absolute atomic E-state index is 2.33. The Hall–Kier alpha value is -3.13. The molecule has 0 saturated carbocycles. The van der Waals surface area contributed by atoms with Crippen LogP contribution in [0.1, 0.15) is 38.8 Å². The number of fused-ring (bicyclic) bond motifs is 2. The van der Waals surface area contributed by atoms with Gasteiger partial charge in [0.25, 0.3) is 0 Å². The first kappa shape index (κ1) is 21.1. The first-order chi connectivity index (χ1) is 14.8. The van der Waals surface area contributed by atoms with Crippen LogP contribution in [0.25, 0.3) is 0 Å². The maximum Gasteiger partial charge on any atom is 0.208 e. The SMILES string of the molecule is CC(=C/C(C)=C/C(C)=C1\Cc2ccccc2N1C)/C=C(\C)C1=[N+](C)c2ccccc2C1. The summed E-state index contributed by atoms with van der Waals surface area (Å²) in [5, 5.41) is 0. The molecule has 0 bridgehead atoms.